The molecule has 2 aromatic heterocycles. The van der Waals surface area contributed by atoms with Crippen LogP contribution in [0.1, 0.15) is 61.1 Å². The van der Waals surface area contributed by atoms with Gasteiger partial charge in [0.05, 0.1) is 17.8 Å². The number of aldehydes is 1. The van der Waals surface area contributed by atoms with Crippen LogP contribution in [0.4, 0.5) is 4.79 Å². The van der Waals surface area contributed by atoms with Crippen molar-refractivity contribution in [3.05, 3.63) is 35.3 Å². The first-order valence-corrected chi connectivity index (χ1v) is 7.79. The van der Waals surface area contributed by atoms with Crippen molar-refractivity contribution in [3.63, 3.8) is 0 Å². The van der Waals surface area contributed by atoms with E-state index in [1.807, 2.05) is 43.6 Å². The highest BCUT2D eigenvalue weighted by molar-refractivity contribution is 5.84. The number of alkyl carbamates (subject to hydrolysis) is 1. The normalized spacial score (nSPS) is 14.7. The summed E-state index contributed by atoms with van der Waals surface area (Å²) in [5.74, 6) is 0.559. The zero-order chi connectivity index (χ0) is 16.6. The Bertz CT molecular complexity index is 754. The lowest BCUT2D eigenvalue weighted by atomic mass is 10.1. The van der Waals surface area contributed by atoms with Gasteiger partial charge >= 0.3 is 6.09 Å². The largest absolute Gasteiger partial charge is 0.444 e. The molecular weight excluding hydrogens is 294 g/mol. The standard InChI is InChI=1S/C17H21N3O3/c1-17(2,3)23-16(22)18-7-14-9-20-8-12(11-4-5-11)6-13(10-21)15(20)19-14/h6,8-11H,4-5,7H2,1-3H3,(H,18,22). The van der Waals surface area contributed by atoms with Crippen LogP contribution in [0, 0.1) is 0 Å². The Labute approximate surface area is 134 Å². The van der Waals surface area contributed by atoms with Crippen LogP contribution < -0.4 is 5.32 Å². The third-order valence-corrected chi connectivity index (χ3v) is 3.64. The van der Waals surface area contributed by atoms with Gasteiger partial charge in [0.2, 0.25) is 0 Å². The number of nitrogens with one attached hydrogen (secondary N) is 1. The first-order valence-electron chi connectivity index (χ1n) is 7.79. The molecule has 1 fully saturated rings. The second-order valence-electron chi connectivity index (χ2n) is 6.94. The molecular formula is C17H21N3O3. The Hall–Kier alpha value is -2.37. The second-order valence-corrected chi connectivity index (χ2v) is 6.94. The zero-order valence-electron chi connectivity index (χ0n) is 13.6. The van der Waals surface area contributed by atoms with Crippen molar-refractivity contribution >= 4 is 18.0 Å². The van der Waals surface area contributed by atoms with Crippen molar-refractivity contribution in [2.45, 2.75) is 51.7 Å². The van der Waals surface area contributed by atoms with Crippen molar-refractivity contribution < 1.29 is 14.3 Å². The maximum absolute atomic E-state index is 11.7. The molecule has 23 heavy (non-hydrogen) atoms. The molecule has 1 saturated carbocycles. The van der Waals surface area contributed by atoms with E-state index in [-0.39, 0.29) is 6.54 Å². The molecule has 6 heteroatoms. The minimum Gasteiger partial charge on any atom is -0.444 e. The summed E-state index contributed by atoms with van der Waals surface area (Å²) in [6.07, 6.45) is 6.55. The predicted molar refractivity (Wildman–Crippen MR) is 85.6 cm³/mol. The van der Waals surface area contributed by atoms with Gasteiger partial charge in [-0.2, -0.15) is 0 Å². The number of rotatable bonds is 4. The number of pyridine rings is 1. The number of aromatic nitrogens is 2. The number of carbonyl (C=O) groups excluding carboxylic acids is 2. The number of nitrogens with zero attached hydrogens (tertiary/aromatic N) is 2. The van der Waals surface area contributed by atoms with Crippen molar-refractivity contribution in [1.29, 1.82) is 0 Å². The molecule has 122 valence electrons. The number of hydrogen-bond donors (Lipinski definition) is 1. The summed E-state index contributed by atoms with van der Waals surface area (Å²) in [6, 6.07) is 1.91. The summed E-state index contributed by atoms with van der Waals surface area (Å²) in [6.45, 7) is 5.70. The molecule has 0 spiro atoms. The Morgan fingerprint density at radius 3 is 2.78 bits per heavy atom. The lowest BCUT2D eigenvalue weighted by molar-refractivity contribution is 0.0523. The van der Waals surface area contributed by atoms with Crippen LogP contribution in [0.5, 0.6) is 0 Å². The molecule has 0 aromatic carbocycles. The van der Waals surface area contributed by atoms with Crippen LogP contribution in [-0.2, 0) is 11.3 Å². The van der Waals surface area contributed by atoms with Gasteiger partial charge in [0, 0.05) is 12.4 Å². The summed E-state index contributed by atoms with van der Waals surface area (Å²) in [5, 5.41) is 2.68. The van der Waals surface area contributed by atoms with Gasteiger partial charge in [-0.3, -0.25) is 4.79 Å². The Kier molecular flexibility index (Phi) is 3.83. The lowest BCUT2D eigenvalue weighted by Crippen LogP contribution is -2.32. The Balaban J connectivity index is 1.77. The first-order chi connectivity index (χ1) is 10.9. The predicted octanol–water partition coefficient (Wildman–Crippen LogP) is 3.05. The van der Waals surface area contributed by atoms with E-state index in [1.54, 1.807) is 0 Å². The third kappa shape index (κ3) is 3.70. The Morgan fingerprint density at radius 1 is 1.43 bits per heavy atom. The lowest BCUT2D eigenvalue weighted by Gasteiger charge is -2.19. The molecule has 0 aliphatic heterocycles. The first kappa shape index (κ1) is 15.5. The van der Waals surface area contributed by atoms with Gasteiger partial charge in [0.1, 0.15) is 11.2 Å². The molecule has 0 atom stereocenters. The molecule has 0 unspecified atom stereocenters. The fourth-order valence-electron chi connectivity index (χ4n) is 2.49. The van der Waals surface area contributed by atoms with E-state index in [0.717, 1.165) is 6.29 Å². The van der Waals surface area contributed by atoms with E-state index >= 15 is 0 Å². The zero-order valence-corrected chi connectivity index (χ0v) is 13.6. The topological polar surface area (TPSA) is 72.7 Å². The molecule has 0 bridgehead atoms. The summed E-state index contributed by atoms with van der Waals surface area (Å²) in [4.78, 5) is 27.4. The summed E-state index contributed by atoms with van der Waals surface area (Å²) in [5.41, 5.74) is 2.52. The highest BCUT2D eigenvalue weighted by Crippen LogP contribution is 2.40. The molecule has 1 N–H and O–H groups in total. The molecule has 1 aliphatic carbocycles. The van der Waals surface area contributed by atoms with Gasteiger partial charge in [0.15, 0.2) is 6.29 Å². The number of ether oxygens (including phenoxy) is 1. The van der Waals surface area contributed by atoms with Gasteiger partial charge in [-0.15, -0.1) is 0 Å². The summed E-state index contributed by atoms with van der Waals surface area (Å²) in [7, 11) is 0. The second kappa shape index (κ2) is 5.68. The molecule has 1 amide bonds. The van der Waals surface area contributed by atoms with Crippen LogP contribution in [0.3, 0.4) is 0 Å². The monoisotopic (exact) mass is 315 g/mol. The maximum atomic E-state index is 11.7. The third-order valence-electron chi connectivity index (χ3n) is 3.64. The number of hydrogen-bond acceptors (Lipinski definition) is 4. The molecule has 0 saturated heterocycles. The van der Waals surface area contributed by atoms with Crippen LogP contribution in [-0.4, -0.2) is 27.4 Å². The van der Waals surface area contributed by atoms with E-state index < -0.39 is 11.7 Å². The van der Waals surface area contributed by atoms with Crippen molar-refractivity contribution in [2.24, 2.45) is 0 Å². The van der Waals surface area contributed by atoms with Crippen LogP contribution in [0.2, 0.25) is 0 Å². The number of imidazole rings is 1. The number of amides is 1. The molecule has 1 aliphatic rings. The van der Waals surface area contributed by atoms with Crippen molar-refractivity contribution in [2.75, 3.05) is 0 Å². The minimum absolute atomic E-state index is 0.258. The molecule has 0 radical (unpaired) electrons. The van der Waals surface area contributed by atoms with Crippen LogP contribution in [0.15, 0.2) is 18.5 Å². The van der Waals surface area contributed by atoms with Crippen LogP contribution >= 0.6 is 0 Å². The summed E-state index contributed by atoms with van der Waals surface area (Å²) >= 11 is 0. The smallest absolute Gasteiger partial charge is 0.407 e. The van der Waals surface area contributed by atoms with Gasteiger partial charge < -0.3 is 14.5 Å². The van der Waals surface area contributed by atoms with Gasteiger partial charge in [-0.25, -0.2) is 9.78 Å². The molecule has 3 rings (SSSR count). The van der Waals surface area contributed by atoms with E-state index in [0.29, 0.717) is 22.8 Å². The van der Waals surface area contributed by atoms with Gasteiger partial charge in [0.25, 0.3) is 0 Å². The van der Waals surface area contributed by atoms with E-state index in [1.165, 1.54) is 18.4 Å². The molecule has 6 nitrogen and oxygen atoms in total. The van der Waals surface area contributed by atoms with E-state index in [2.05, 4.69) is 10.3 Å². The summed E-state index contributed by atoms with van der Waals surface area (Å²) < 4.78 is 7.06. The van der Waals surface area contributed by atoms with E-state index in [4.69, 9.17) is 4.74 Å². The fraction of sp³-hybridized carbons (Fsp3) is 0.471. The highest BCUT2D eigenvalue weighted by Gasteiger charge is 2.25. The SMILES string of the molecule is CC(C)(C)OC(=O)NCc1cn2cc(C3CC3)cc(C=O)c2n1. The highest BCUT2D eigenvalue weighted by atomic mass is 16.6. The molecule has 2 aromatic rings. The maximum Gasteiger partial charge on any atom is 0.407 e. The van der Waals surface area contributed by atoms with Crippen molar-refractivity contribution in [1.82, 2.24) is 14.7 Å². The minimum atomic E-state index is -0.535. The van der Waals surface area contributed by atoms with Gasteiger partial charge in [-0.1, -0.05) is 0 Å². The quantitative estimate of drug-likeness (QED) is 0.880. The van der Waals surface area contributed by atoms with Crippen molar-refractivity contribution in [3.8, 4) is 0 Å². The fourth-order valence-corrected chi connectivity index (χ4v) is 2.49. The Morgan fingerprint density at radius 2 is 2.17 bits per heavy atom. The number of fused-ring (bicyclic) bond motifs is 1. The molecule has 2 heterocycles. The van der Waals surface area contributed by atoms with E-state index in [9.17, 15) is 9.59 Å². The number of carbonyl (C=O) groups is 2. The average Bonchev–Trinajstić information content (AvgIpc) is 3.22. The average molecular weight is 315 g/mol. The van der Waals surface area contributed by atoms with Crippen LogP contribution in [0.25, 0.3) is 5.65 Å². The van der Waals surface area contributed by atoms with Gasteiger partial charge in [-0.05, 0) is 51.2 Å².